The van der Waals surface area contributed by atoms with Crippen molar-refractivity contribution in [1.29, 1.82) is 0 Å². The van der Waals surface area contributed by atoms with E-state index in [-0.39, 0.29) is 49.9 Å². The normalized spacial score (nSPS) is 20.7. The Hall–Kier alpha value is -3.49. The van der Waals surface area contributed by atoms with E-state index in [9.17, 15) is 14.4 Å². The first-order valence-corrected chi connectivity index (χ1v) is 14.2. The Morgan fingerprint density at radius 3 is 2.35 bits per heavy atom. The Balaban J connectivity index is 1.70. The number of cyclic esters (lactones) is 1. The van der Waals surface area contributed by atoms with Crippen molar-refractivity contribution in [2.45, 2.75) is 51.0 Å². The van der Waals surface area contributed by atoms with Crippen LogP contribution in [0.15, 0.2) is 72.8 Å². The fourth-order valence-electron chi connectivity index (χ4n) is 4.74. The monoisotopic (exact) mass is 550 g/mol. The molecular weight excluding hydrogens is 508 g/mol. The molecule has 0 saturated heterocycles. The van der Waals surface area contributed by atoms with Gasteiger partial charge in [0.05, 0.1) is 37.7 Å². The molecule has 3 rings (SSSR count). The fourth-order valence-corrected chi connectivity index (χ4v) is 4.74. The van der Waals surface area contributed by atoms with E-state index in [0.717, 1.165) is 24.0 Å². The van der Waals surface area contributed by atoms with Gasteiger partial charge in [0, 0.05) is 13.0 Å². The summed E-state index contributed by atoms with van der Waals surface area (Å²) in [6, 6.07) is 19.3. The lowest BCUT2D eigenvalue weighted by Gasteiger charge is -2.24. The highest BCUT2D eigenvalue weighted by Crippen LogP contribution is 2.19. The molecule has 8 heteroatoms. The molecule has 0 radical (unpaired) electrons. The van der Waals surface area contributed by atoms with Crippen LogP contribution in [0, 0.1) is 11.8 Å². The summed E-state index contributed by atoms with van der Waals surface area (Å²) < 4.78 is 11.0. The summed E-state index contributed by atoms with van der Waals surface area (Å²) in [6.07, 6.45) is 7.88. The number of esters is 1. The van der Waals surface area contributed by atoms with Gasteiger partial charge in [0.25, 0.3) is 0 Å². The van der Waals surface area contributed by atoms with Crippen LogP contribution in [0.3, 0.4) is 0 Å². The first-order chi connectivity index (χ1) is 19.5. The number of rotatable bonds is 11. The van der Waals surface area contributed by atoms with Crippen molar-refractivity contribution in [1.82, 2.24) is 10.6 Å². The first kappa shape index (κ1) is 31.0. The smallest absolute Gasteiger partial charge is 0.309 e. The number of benzene rings is 2. The van der Waals surface area contributed by atoms with E-state index in [2.05, 4.69) is 10.6 Å². The highest BCUT2D eigenvalue weighted by molar-refractivity contribution is 5.86. The molecule has 40 heavy (non-hydrogen) atoms. The van der Waals surface area contributed by atoms with Gasteiger partial charge in [-0.3, -0.25) is 14.4 Å². The Morgan fingerprint density at radius 1 is 0.950 bits per heavy atom. The number of hydrogen-bond acceptors (Lipinski definition) is 6. The highest BCUT2D eigenvalue weighted by Gasteiger charge is 2.26. The largest absolute Gasteiger partial charge is 0.463 e. The number of amides is 2. The number of nitrogens with one attached hydrogen (secondary N) is 2. The first-order valence-electron chi connectivity index (χ1n) is 14.2. The van der Waals surface area contributed by atoms with Crippen molar-refractivity contribution in [3.8, 4) is 0 Å². The maximum absolute atomic E-state index is 13.4. The van der Waals surface area contributed by atoms with Crippen LogP contribution in [0.2, 0.25) is 0 Å². The van der Waals surface area contributed by atoms with Gasteiger partial charge in [-0.1, -0.05) is 72.8 Å². The van der Waals surface area contributed by atoms with E-state index >= 15 is 0 Å². The minimum Gasteiger partial charge on any atom is -0.463 e. The van der Waals surface area contributed by atoms with Gasteiger partial charge in [-0.15, -0.1) is 0 Å². The lowest BCUT2D eigenvalue weighted by Crippen LogP contribution is -2.44. The van der Waals surface area contributed by atoms with Crippen LogP contribution in [-0.4, -0.2) is 61.9 Å². The molecule has 2 aromatic carbocycles. The van der Waals surface area contributed by atoms with Crippen LogP contribution in [0.1, 0.15) is 43.2 Å². The van der Waals surface area contributed by atoms with Crippen molar-refractivity contribution in [3.05, 3.63) is 83.9 Å². The second-order valence-electron chi connectivity index (χ2n) is 10.1. The van der Waals surface area contributed by atoms with Gasteiger partial charge in [0.2, 0.25) is 11.8 Å². The zero-order valence-electron chi connectivity index (χ0n) is 23.1. The van der Waals surface area contributed by atoms with Gasteiger partial charge in [0.1, 0.15) is 6.61 Å². The molecule has 1 aliphatic heterocycles. The van der Waals surface area contributed by atoms with Crippen LogP contribution in [0.4, 0.5) is 0 Å². The summed E-state index contributed by atoms with van der Waals surface area (Å²) in [5.41, 5.74) is 2.11. The van der Waals surface area contributed by atoms with Crippen LogP contribution in [0.25, 0.3) is 0 Å². The Labute approximate surface area is 237 Å². The van der Waals surface area contributed by atoms with Crippen LogP contribution >= 0.6 is 0 Å². The van der Waals surface area contributed by atoms with Crippen LogP contribution in [-0.2, 0) is 36.7 Å². The zero-order valence-corrected chi connectivity index (χ0v) is 23.1. The minimum atomic E-state index is -0.558. The summed E-state index contributed by atoms with van der Waals surface area (Å²) >= 11 is 0. The molecule has 3 N–H and O–H groups in total. The summed E-state index contributed by atoms with van der Waals surface area (Å²) in [6.45, 7) is 0.794. The standard InChI is InChI=1S/C32H42N2O6/c35-18-20-39-19-17-33-30(36)23-27-15-9-1-2-10-16-28(21-25-11-5-3-6-12-25)32(38)40-24-29(34-31(27)37)22-26-13-7-4-8-14-26/h1,3-9,11-14,27-29,35H,2,10,15-24H2,(H,33,36)(H,34,37)/t27-,28-,29+/m1/s1. The molecule has 0 aliphatic carbocycles. The van der Waals surface area contributed by atoms with Gasteiger partial charge in [-0.2, -0.15) is 0 Å². The number of allylic oxidation sites excluding steroid dienone is 2. The van der Waals surface area contributed by atoms with Crippen molar-refractivity contribution >= 4 is 17.8 Å². The third-order valence-corrected chi connectivity index (χ3v) is 6.87. The third-order valence-electron chi connectivity index (χ3n) is 6.87. The van der Waals surface area contributed by atoms with Gasteiger partial charge < -0.3 is 25.2 Å². The predicted molar refractivity (Wildman–Crippen MR) is 153 cm³/mol. The molecule has 8 nitrogen and oxygen atoms in total. The number of hydrogen-bond donors (Lipinski definition) is 3. The van der Waals surface area contributed by atoms with Crippen molar-refractivity contribution in [2.75, 3.05) is 33.0 Å². The fraction of sp³-hybridized carbons (Fsp3) is 0.469. The van der Waals surface area contributed by atoms with E-state index < -0.39 is 12.0 Å². The Morgan fingerprint density at radius 2 is 1.65 bits per heavy atom. The third kappa shape index (κ3) is 11.7. The maximum atomic E-state index is 13.4. The van der Waals surface area contributed by atoms with E-state index in [4.69, 9.17) is 14.6 Å². The number of aliphatic hydroxyl groups excluding tert-OH is 1. The van der Waals surface area contributed by atoms with Crippen molar-refractivity contribution < 1.29 is 29.0 Å². The van der Waals surface area contributed by atoms with Gasteiger partial charge in [-0.25, -0.2) is 0 Å². The summed E-state index contributed by atoms with van der Waals surface area (Å²) in [5, 5.41) is 14.6. The van der Waals surface area contributed by atoms with Crippen molar-refractivity contribution in [3.63, 3.8) is 0 Å². The molecule has 1 heterocycles. The molecule has 0 saturated carbocycles. The number of carbonyl (C=O) groups excluding carboxylic acids is 3. The Bertz CT molecular complexity index is 1060. The summed E-state index contributed by atoms with van der Waals surface area (Å²) in [4.78, 5) is 39.2. The van der Waals surface area contributed by atoms with Crippen molar-refractivity contribution in [2.24, 2.45) is 11.8 Å². The molecule has 0 spiro atoms. The molecule has 0 fully saturated rings. The second-order valence-corrected chi connectivity index (χ2v) is 10.1. The average molecular weight is 551 g/mol. The second kappa shape index (κ2) is 18.0. The number of aliphatic hydroxyl groups is 1. The number of carbonyl (C=O) groups is 3. The molecule has 216 valence electrons. The molecular formula is C32H42N2O6. The summed E-state index contributed by atoms with van der Waals surface area (Å²) in [5.74, 6) is -1.55. The van der Waals surface area contributed by atoms with Gasteiger partial charge >= 0.3 is 5.97 Å². The molecule has 3 atom stereocenters. The molecule has 0 unspecified atom stereocenters. The predicted octanol–water partition coefficient (Wildman–Crippen LogP) is 3.38. The van der Waals surface area contributed by atoms with Crippen LogP contribution < -0.4 is 10.6 Å². The summed E-state index contributed by atoms with van der Waals surface area (Å²) in [7, 11) is 0. The average Bonchev–Trinajstić information content (AvgIpc) is 2.96. The van der Waals surface area contributed by atoms with E-state index in [1.165, 1.54) is 0 Å². The van der Waals surface area contributed by atoms with E-state index in [0.29, 0.717) is 38.8 Å². The maximum Gasteiger partial charge on any atom is 0.309 e. The van der Waals surface area contributed by atoms with Gasteiger partial charge in [-0.05, 0) is 49.7 Å². The zero-order chi connectivity index (χ0) is 28.4. The van der Waals surface area contributed by atoms with E-state index in [1.807, 2.05) is 72.8 Å². The minimum absolute atomic E-state index is 0.0349. The highest BCUT2D eigenvalue weighted by atomic mass is 16.5. The van der Waals surface area contributed by atoms with Gasteiger partial charge in [0.15, 0.2) is 0 Å². The Kier molecular flexibility index (Phi) is 13.9. The molecule has 1 aliphatic rings. The molecule has 0 bridgehead atoms. The quantitative estimate of drug-likeness (QED) is 0.225. The van der Waals surface area contributed by atoms with Crippen LogP contribution in [0.5, 0.6) is 0 Å². The topological polar surface area (TPSA) is 114 Å². The molecule has 2 amide bonds. The lowest BCUT2D eigenvalue weighted by atomic mass is 9.93. The SMILES string of the molecule is O=C(C[C@H]1CC=CCCC[C@H](Cc2ccccc2)C(=O)OC[C@H](Cc2ccccc2)NC1=O)NCCOCCO. The number of ether oxygens (including phenoxy) is 2. The van der Waals surface area contributed by atoms with E-state index in [1.54, 1.807) is 0 Å². The molecule has 2 aromatic rings. The lowest BCUT2D eigenvalue weighted by molar-refractivity contribution is -0.150. The molecule has 0 aromatic heterocycles.